The molecule has 0 atom stereocenters. The molecule has 0 radical (unpaired) electrons. The summed E-state index contributed by atoms with van der Waals surface area (Å²) in [5.41, 5.74) is 7.76. The maximum absolute atomic E-state index is 13.3. The lowest BCUT2D eigenvalue weighted by molar-refractivity contribution is -0.284. The van der Waals surface area contributed by atoms with Crippen LogP contribution in [0.4, 0.5) is 32.4 Å². The van der Waals surface area contributed by atoms with Crippen molar-refractivity contribution in [1.82, 2.24) is 9.62 Å². The first-order chi connectivity index (χ1) is 21.3. The van der Waals surface area contributed by atoms with Gasteiger partial charge >= 0.3 is 18.1 Å². The maximum atomic E-state index is 13.3. The van der Waals surface area contributed by atoms with Gasteiger partial charge in [-0.15, -0.1) is 0 Å². The number of halogens is 5. The number of nitrogens with zero attached hydrogens (tertiary/aromatic N) is 3. The summed E-state index contributed by atoms with van der Waals surface area (Å²) in [5.74, 6) is -4.90. The fourth-order valence-corrected chi connectivity index (χ4v) is 6.99. The Kier molecular flexibility index (Phi) is 10.0. The van der Waals surface area contributed by atoms with E-state index in [1.165, 1.54) is 21.3 Å². The highest BCUT2D eigenvalue weighted by molar-refractivity contribution is 7.89. The van der Waals surface area contributed by atoms with Crippen LogP contribution in [0.25, 0.3) is 0 Å². The van der Waals surface area contributed by atoms with Gasteiger partial charge in [-0.1, -0.05) is 12.1 Å². The van der Waals surface area contributed by atoms with Crippen molar-refractivity contribution < 1.29 is 44.7 Å². The second-order valence-electron chi connectivity index (χ2n) is 11.5. The third kappa shape index (κ3) is 7.60. The van der Waals surface area contributed by atoms with Crippen LogP contribution in [0.2, 0.25) is 0 Å². The summed E-state index contributed by atoms with van der Waals surface area (Å²) in [6.07, 6.45) is -7.00. The van der Waals surface area contributed by atoms with Crippen LogP contribution in [0, 0.1) is 13.8 Å². The molecule has 10 nitrogen and oxygen atoms in total. The number of amides is 3. The molecule has 2 aliphatic rings. The van der Waals surface area contributed by atoms with Gasteiger partial charge in [0, 0.05) is 37.8 Å². The minimum Gasteiger partial charge on any atom is -0.494 e. The summed E-state index contributed by atoms with van der Waals surface area (Å²) in [6.45, 7) is 3.47. The highest BCUT2D eigenvalue weighted by Gasteiger charge is 2.56. The van der Waals surface area contributed by atoms with E-state index in [9.17, 15) is 40.0 Å². The first-order valence-electron chi connectivity index (χ1n) is 14.6. The van der Waals surface area contributed by atoms with E-state index in [1.54, 1.807) is 31.3 Å². The third-order valence-electron chi connectivity index (χ3n) is 8.36. The van der Waals surface area contributed by atoms with E-state index in [4.69, 9.17) is 10.5 Å². The summed E-state index contributed by atoms with van der Waals surface area (Å²) in [6, 6.07) is 9.13. The number of ether oxygens (including phenoxy) is 1. The number of urea groups is 1. The monoisotopic (exact) mass is 673 g/mol. The molecule has 1 spiro atoms. The molecule has 2 aliphatic heterocycles. The Morgan fingerprint density at radius 2 is 1.74 bits per heavy atom. The van der Waals surface area contributed by atoms with Gasteiger partial charge < -0.3 is 15.8 Å². The van der Waals surface area contributed by atoms with Gasteiger partial charge in [0.2, 0.25) is 10.0 Å². The first-order valence-corrected chi connectivity index (χ1v) is 16.2. The molecule has 3 amide bonds. The van der Waals surface area contributed by atoms with Crippen molar-refractivity contribution >= 4 is 33.5 Å². The van der Waals surface area contributed by atoms with Crippen LogP contribution in [0.5, 0.6) is 5.75 Å². The molecule has 0 bridgehead atoms. The average Bonchev–Trinajstić information content (AvgIpc) is 3.29. The minimum atomic E-state index is -5.63. The number of hydrogen-bond donors (Lipinski definition) is 2. The summed E-state index contributed by atoms with van der Waals surface area (Å²) in [7, 11) is -2.12. The van der Waals surface area contributed by atoms with E-state index in [-0.39, 0.29) is 62.2 Å². The van der Waals surface area contributed by atoms with Crippen molar-refractivity contribution in [2.75, 3.05) is 37.4 Å². The fraction of sp³-hybridized carbons (Fsp3) is 0.500. The maximum Gasteiger partial charge on any atom is 0.453 e. The zero-order valence-electron chi connectivity index (χ0n) is 25.6. The predicted molar refractivity (Wildman–Crippen MR) is 162 cm³/mol. The number of rotatable bonds is 11. The van der Waals surface area contributed by atoms with E-state index in [0.717, 1.165) is 16.7 Å². The van der Waals surface area contributed by atoms with E-state index < -0.39 is 46.5 Å². The molecular weight excluding hydrogens is 637 g/mol. The second-order valence-corrected chi connectivity index (χ2v) is 13.6. The van der Waals surface area contributed by atoms with Crippen molar-refractivity contribution in [3.8, 4) is 5.75 Å². The molecule has 2 aromatic rings. The first kappa shape index (κ1) is 35.1. The van der Waals surface area contributed by atoms with Gasteiger partial charge in [-0.2, -0.15) is 22.0 Å². The van der Waals surface area contributed by atoms with E-state index in [1.807, 2.05) is 13.8 Å². The molecule has 2 aromatic carbocycles. The Morgan fingerprint density at radius 1 is 1.11 bits per heavy atom. The number of sulfonamides is 1. The number of nitrogens with two attached hydrogens (primary N) is 1. The molecule has 46 heavy (non-hydrogen) atoms. The SMILES string of the molecule is Cc1cc(N(C)C(N)=O)cc(C)c1CCS(=O)(=O)N1CCC2(CC1)N=C(c1cccc(OCCCC(F)(F)C(F)(F)F)c1)NC2=O. The van der Waals surface area contributed by atoms with Crippen molar-refractivity contribution in [3.05, 3.63) is 58.7 Å². The standard InChI is InChI=1S/C30H36F5N5O5S/c1-19-16-22(39(3)27(36)42)17-20(2)24(19)8-15-46(43,44)40-12-10-28(11-13-40)26(41)37-25(38-28)21-6-4-7-23(18-21)45-14-5-9-29(31,32)30(33,34)35/h4,6-7,16-18H,5,8-15H2,1-3H3,(H2,36,42)(H,37,38,41). The molecule has 0 aliphatic carbocycles. The zero-order chi connectivity index (χ0) is 34.1. The van der Waals surface area contributed by atoms with Crippen LogP contribution in [0.15, 0.2) is 41.4 Å². The molecule has 16 heteroatoms. The number of benzene rings is 2. The van der Waals surface area contributed by atoms with Crippen LogP contribution in [0.1, 0.15) is 47.9 Å². The second kappa shape index (κ2) is 13.1. The number of alkyl halides is 5. The van der Waals surface area contributed by atoms with Crippen LogP contribution in [-0.2, 0) is 21.2 Å². The Balaban J connectivity index is 1.36. The molecule has 0 aromatic heterocycles. The van der Waals surface area contributed by atoms with Gasteiger partial charge in [-0.25, -0.2) is 17.5 Å². The number of carbonyl (C=O) groups excluding carboxylic acids is 2. The highest BCUT2D eigenvalue weighted by atomic mass is 32.2. The number of carbonyl (C=O) groups is 2. The van der Waals surface area contributed by atoms with Crippen molar-refractivity contribution in [3.63, 3.8) is 0 Å². The molecule has 2 heterocycles. The molecule has 4 rings (SSSR count). The summed E-state index contributed by atoms with van der Waals surface area (Å²) in [4.78, 5) is 30.5. The summed E-state index contributed by atoms with van der Waals surface area (Å²) < 4.78 is 96.6. The molecule has 252 valence electrons. The van der Waals surface area contributed by atoms with E-state index in [2.05, 4.69) is 10.3 Å². The Labute approximate surface area is 263 Å². The number of hydrogen-bond acceptors (Lipinski definition) is 6. The van der Waals surface area contributed by atoms with Gasteiger partial charge in [-0.05, 0) is 80.5 Å². The lowest BCUT2D eigenvalue weighted by atomic mass is 9.89. The van der Waals surface area contributed by atoms with Gasteiger partial charge in [-0.3, -0.25) is 14.7 Å². The number of aryl methyl sites for hydroxylation is 2. The Bertz CT molecular complexity index is 1600. The summed E-state index contributed by atoms with van der Waals surface area (Å²) in [5, 5.41) is 2.72. The molecular formula is C30H36F5N5O5S. The number of nitrogens with one attached hydrogen (secondary N) is 1. The number of piperidine rings is 1. The number of aliphatic imine (C=N–C) groups is 1. The summed E-state index contributed by atoms with van der Waals surface area (Å²) >= 11 is 0. The topological polar surface area (TPSA) is 134 Å². The predicted octanol–water partition coefficient (Wildman–Crippen LogP) is 4.46. The van der Waals surface area contributed by atoms with Crippen molar-refractivity contribution in [1.29, 1.82) is 0 Å². The number of anilines is 1. The van der Waals surface area contributed by atoms with Crippen LogP contribution in [-0.4, -0.2) is 80.6 Å². The molecule has 0 saturated carbocycles. The number of primary amides is 1. The Hall–Kier alpha value is -3.79. The molecule has 0 unspecified atom stereocenters. The Morgan fingerprint density at radius 3 is 2.33 bits per heavy atom. The molecule has 3 N–H and O–H groups in total. The van der Waals surface area contributed by atoms with Gasteiger partial charge in [0.05, 0.1) is 12.4 Å². The zero-order valence-corrected chi connectivity index (χ0v) is 26.4. The van der Waals surface area contributed by atoms with Crippen molar-refractivity contribution in [2.24, 2.45) is 10.7 Å². The smallest absolute Gasteiger partial charge is 0.453 e. The van der Waals surface area contributed by atoms with Crippen molar-refractivity contribution in [2.45, 2.75) is 63.6 Å². The lowest BCUT2D eigenvalue weighted by Gasteiger charge is -2.34. The van der Waals surface area contributed by atoms with Gasteiger partial charge in [0.25, 0.3) is 5.91 Å². The number of amidine groups is 1. The van der Waals surface area contributed by atoms with E-state index in [0.29, 0.717) is 11.3 Å². The normalized spacial score (nSPS) is 17.1. The van der Waals surface area contributed by atoms with Gasteiger partial charge in [0.15, 0.2) is 0 Å². The fourth-order valence-electron chi connectivity index (χ4n) is 5.53. The van der Waals surface area contributed by atoms with Gasteiger partial charge in [0.1, 0.15) is 17.1 Å². The largest absolute Gasteiger partial charge is 0.494 e. The quantitative estimate of drug-likeness (QED) is 0.269. The lowest BCUT2D eigenvalue weighted by Crippen LogP contribution is -2.50. The van der Waals surface area contributed by atoms with Crippen LogP contribution < -0.4 is 20.7 Å². The molecule has 1 saturated heterocycles. The highest BCUT2D eigenvalue weighted by Crippen LogP contribution is 2.39. The minimum absolute atomic E-state index is 0.0819. The average molecular weight is 674 g/mol. The molecule has 1 fully saturated rings. The third-order valence-corrected chi connectivity index (χ3v) is 10.2. The van der Waals surface area contributed by atoms with E-state index >= 15 is 0 Å². The van der Waals surface area contributed by atoms with Crippen LogP contribution >= 0.6 is 0 Å². The van der Waals surface area contributed by atoms with Crippen LogP contribution in [0.3, 0.4) is 0 Å².